The first-order chi connectivity index (χ1) is 13.2. The second kappa shape index (κ2) is 7.53. The Morgan fingerprint density at radius 1 is 1.26 bits per heavy atom. The smallest absolute Gasteiger partial charge is 0.252 e. The zero-order chi connectivity index (χ0) is 18.7. The first-order valence-electron chi connectivity index (χ1n) is 8.82. The minimum atomic E-state index is -0.652. The third-order valence-corrected chi connectivity index (χ3v) is 5.85. The third kappa shape index (κ3) is 3.60. The van der Waals surface area contributed by atoms with Gasteiger partial charge in [0.15, 0.2) is 5.16 Å². The van der Waals surface area contributed by atoms with E-state index in [1.165, 1.54) is 11.8 Å². The van der Waals surface area contributed by atoms with Crippen molar-refractivity contribution in [3.8, 4) is 0 Å². The molecule has 1 aromatic carbocycles. The number of nitrogens with zero attached hydrogens (tertiary/aromatic N) is 5. The Hall–Kier alpha value is -2.65. The minimum Gasteiger partial charge on any atom is -0.324 e. The van der Waals surface area contributed by atoms with Gasteiger partial charge in [0, 0.05) is 30.0 Å². The molecule has 1 aliphatic rings. The van der Waals surface area contributed by atoms with Crippen molar-refractivity contribution in [1.82, 2.24) is 29.9 Å². The largest absolute Gasteiger partial charge is 0.324 e. The molecule has 2 aromatic heterocycles. The Morgan fingerprint density at radius 3 is 2.67 bits per heavy atom. The molecule has 9 heteroatoms. The SMILES string of the molecule is Cn1cnnc1Sc1ccc(NC(=O)C2(n3cccn3)CCNCC2)cc1. The van der Waals surface area contributed by atoms with Crippen LogP contribution in [0.5, 0.6) is 0 Å². The van der Waals surface area contributed by atoms with Gasteiger partial charge in [-0.05, 0) is 68.0 Å². The first-order valence-corrected chi connectivity index (χ1v) is 9.63. The van der Waals surface area contributed by atoms with E-state index in [1.54, 1.807) is 17.2 Å². The van der Waals surface area contributed by atoms with Gasteiger partial charge in [0.25, 0.3) is 5.91 Å². The Morgan fingerprint density at radius 2 is 2.04 bits per heavy atom. The van der Waals surface area contributed by atoms with Gasteiger partial charge in [0.2, 0.25) is 0 Å². The van der Waals surface area contributed by atoms with E-state index >= 15 is 0 Å². The summed E-state index contributed by atoms with van der Waals surface area (Å²) < 4.78 is 3.66. The molecule has 3 aromatic rings. The highest BCUT2D eigenvalue weighted by Crippen LogP contribution is 2.30. The summed E-state index contributed by atoms with van der Waals surface area (Å²) in [4.78, 5) is 14.2. The summed E-state index contributed by atoms with van der Waals surface area (Å²) in [7, 11) is 1.91. The van der Waals surface area contributed by atoms with E-state index in [0.717, 1.165) is 28.8 Å². The van der Waals surface area contributed by atoms with Crippen molar-refractivity contribution in [3.63, 3.8) is 0 Å². The maximum atomic E-state index is 13.1. The average molecular weight is 383 g/mol. The Bertz CT molecular complexity index is 898. The van der Waals surface area contributed by atoms with Crippen LogP contribution >= 0.6 is 11.8 Å². The Balaban J connectivity index is 1.49. The lowest BCUT2D eigenvalue weighted by Crippen LogP contribution is -2.52. The number of carbonyl (C=O) groups excluding carboxylic acids is 1. The van der Waals surface area contributed by atoms with Crippen LogP contribution in [0.3, 0.4) is 0 Å². The lowest BCUT2D eigenvalue weighted by molar-refractivity contribution is -0.126. The Labute approximate surface area is 161 Å². The number of amides is 1. The molecule has 0 atom stereocenters. The van der Waals surface area contributed by atoms with Crippen molar-refractivity contribution >= 4 is 23.4 Å². The summed E-state index contributed by atoms with van der Waals surface area (Å²) in [6.45, 7) is 1.58. The van der Waals surface area contributed by atoms with Crippen LogP contribution < -0.4 is 10.6 Å². The van der Waals surface area contributed by atoms with E-state index in [1.807, 2.05) is 48.1 Å². The second-order valence-corrected chi connectivity index (χ2v) is 7.58. The molecule has 0 unspecified atom stereocenters. The lowest BCUT2D eigenvalue weighted by atomic mass is 9.87. The van der Waals surface area contributed by atoms with E-state index in [0.29, 0.717) is 12.8 Å². The molecule has 0 spiro atoms. The fourth-order valence-corrected chi connectivity index (χ4v) is 4.01. The number of benzene rings is 1. The van der Waals surface area contributed by atoms with Crippen molar-refractivity contribution in [2.24, 2.45) is 7.05 Å². The molecule has 2 N–H and O–H groups in total. The molecule has 27 heavy (non-hydrogen) atoms. The lowest BCUT2D eigenvalue weighted by Gasteiger charge is -2.36. The number of rotatable bonds is 5. The fourth-order valence-electron chi connectivity index (χ4n) is 3.25. The molecule has 8 nitrogen and oxygen atoms in total. The van der Waals surface area contributed by atoms with Crippen molar-refractivity contribution in [3.05, 3.63) is 49.1 Å². The number of hydrogen-bond acceptors (Lipinski definition) is 6. The standard InChI is InChI=1S/C18H21N7OS/c1-24-13-20-23-17(24)27-15-5-3-14(4-6-15)22-16(26)18(7-10-19-11-8-18)25-12-2-9-21-25/h2-6,9,12-13,19H,7-8,10-11H2,1H3,(H,22,26). The molecule has 1 saturated heterocycles. The zero-order valence-electron chi connectivity index (χ0n) is 15.0. The van der Waals surface area contributed by atoms with Crippen LogP contribution in [0, 0.1) is 0 Å². The van der Waals surface area contributed by atoms with Gasteiger partial charge >= 0.3 is 0 Å². The second-order valence-electron chi connectivity index (χ2n) is 6.54. The monoisotopic (exact) mass is 383 g/mol. The van der Waals surface area contributed by atoms with Crippen LogP contribution in [0.1, 0.15) is 12.8 Å². The number of anilines is 1. The highest BCUT2D eigenvalue weighted by molar-refractivity contribution is 7.99. The highest BCUT2D eigenvalue weighted by Gasteiger charge is 2.42. The molecule has 1 fully saturated rings. The van der Waals surface area contributed by atoms with E-state index in [2.05, 4.69) is 25.9 Å². The zero-order valence-corrected chi connectivity index (χ0v) is 15.8. The first kappa shape index (κ1) is 17.7. The predicted octanol–water partition coefficient (Wildman–Crippen LogP) is 1.88. The highest BCUT2D eigenvalue weighted by atomic mass is 32.2. The van der Waals surface area contributed by atoms with Gasteiger partial charge in [0.1, 0.15) is 11.9 Å². The van der Waals surface area contributed by atoms with E-state index in [9.17, 15) is 4.79 Å². The third-order valence-electron chi connectivity index (χ3n) is 4.79. The summed E-state index contributed by atoms with van der Waals surface area (Å²) in [5.74, 6) is -0.0265. The molecule has 0 saturated carbocycles. The van der Waals surface area contributed by atoms with Crippen molar-refractivity contribution in [1.29, 1.82) is 0 Å². The van der Waals surface area contributed by atoms with Crippen LogP contribution in [0.4, 0.5) is 5.69 Å². The number of aryl methyl sites for hydroxylation is 1. The topological polar surface area (TPSA) is 89.7 Å². The van der Waals surface area contributed by atoms with Gasteiger partial charge in [-0.25, -0.2) is 0 Å². The number of piperidine rings is 1. The fraction of sp³-hybridized carbons (Fsp3) is 0.333. The molecular weight excluding hydrogens is 362 g/mol. The molecule has 140 valence electrons. The summed E-state index contributed by atoms with van der Waals surface area (Å²) in [6, 6.07) is 9.62. The Kier molecular flexibility index (Phi) is 4.95. The molecule has 0 aliphatic carbocycles. The van der Waals surface area contributed by atoms with Crippen LogP contribution in [-0.4, -0.2) is 43.5 Å². The molecule has 3 heterocycles. The molecule has 1 amide bonds. The van der Waals surface area contributed by atoms with Gasteiger partial charge in [0.05, 0.1) is 0 Å². The number of aromatic nitrogens is 5. The van der Waals surface area contributed by atoms with E-state index in [-0.39, 0.29) is 5.91 Å². The van der Waals surface area contributed by atoms with Crippen molar-refractivity contribution < 1.29 is 4.79 Å². The predicted molar refractivity (Wildman–Crippen MR) is 103 cm³/mol. The van der Waals surface area contributed by atoms with Crippen LogP contribution in [0.15, 0.2) is 59.1 Å². The number of carbonyl (C=O) groups is 1. The maximum Gasteiger partial charge on any atom is 0.252 e. The summed E-state index contributed by atoms with van der Waals surface area (Å²) in [6.07, 6.45) is 6.67. The summed E-state index contributed by atoms with van der Waals surface area (Å²) in [5, 5.41) is 19.5. The van der Waals surface area contributed by atoms with Crippen LogP contribution in [-0.2, 0) is 17.4 Å². The molecule has 1 aliphatic heterocycles. The molecule has 0 bridgehead atoms. The summed E-state index contributed by atoms with van der Waals surface area (Å²) >= 11 is 1.53. The number of hydrogen-bond donors (Lipinski definition) is 2. The van der Waals surface area contributed by atoms with Gasteiger partial charge < -0.3 is 15.2 Å². The molecule has 0 radical (unpaired) electrons. The van der Waals surface area contributed by atoms with Crippen LogP contribution in [0.25, 0.3) is 0 Å². The van der Waals surface area contributed by atoms with Gasteiger partial charge in [-0.3, -0.25) is 9.48 Å². The van der Waals surface area contributed by atoms with Gasteiger partial charge in [-0.15, -0.1) is 10.2 Å². The molecular formula is C18H21N7OS. The van der Waals surface area contributed by atoms with Crippen LogP contribution in [0.2, 0.25) is 0 Å². The van der Waals surface area contributed by atoms with E-state index in [4.69, 9.17) is 0 Å². The quantitative estimate of drug-likeness (QED) is 0.699. The summed E-state index contributed by atoms with van der Waals surface area (Å²) in [5.41, 5.74) is 0.119. The van der Waals surface area contributed by atoms with Gasteiger partial charge in [-0.2, -0.15) is 5.10 Å². The molecule has 4 rings (SSSR count). The maximum absolute atomic E-state index is 13.1. The van der Waals surface area contributed by atoms with Crippen molar-refractivity contribution in [2.45, 2.75) is 28.4 Å². The minimum absolute atomic E-state index is 0.0265. The van der Waals surface area contributed by atoms with Gasteiger partial charge in [-0.1, -0.05) is 0 Å². The van der Waals surface area contributed by atoms with Crippen molar-refractivity contribution in [2.75, 3.05) is 18.4 Å². The normalized spacial score (nSPS) is 16.2. The van der Waals surface area contributed by atoms with E-state index < -0.39 is 5.54 Å². The average Bonchev–Trinajstić information content (AvgIpc) is 3.37. The number of nitrogens with one attached hydrogen (secondary N) is 2.